The number of furan rings is 1. The lowest BCUT2D eigenvalue weighted by atomic mass is 10.0. The molecule has 0 fully saturated rings. The lowest BCUT2D eigenvalue weighted by molar-refractivity contribution is -0.138. The number of carbonyl (C=O) groups is 1. The normalized spacial score (nSPS) is 12.1. The van der Waals surface area contributed by atoms with Gasteiger partial charge in [-0.05, 0) is 55.2 Å². The molecule has 1 heterocycles. The van der Waals surface area contributed by atoms with Crippen molar-refractivity contribution in [3.63, 3.8) is 0 Å². The Morgan fingerprint density at radius 1 is 1.14 bits per heavy atom. The molecule has 4 nitrogen and oxygen atoms in total. The van der Waals surface area contributed by atoms with Gasteiger partial charge in [0.1, 0.15) is 11.3 Å². The predicted molar refractivity (Wildman–Crippen MR) is 144 cm³/mol. The third-order valence-corrected chi connectivity index (χ3v) is 7.60. The van der Waals surface area contributed by atoms with Gasteiger partial charge >= 0.3 is 5.97 Å². The van der Waals surface area contributed by atoms with Crippen LogP contribution in [0.3, 0.4) is 0 Å². The van der Waals surface area contributed by atoms with E-state index in [1.807, 2.05) is 36.6 Å². The van der Waals surface area contributed by atoms with Crippen molar-refractivity contribution < 1.29 is 19.1 Å². The summed E-state index contributed by atoms with van der Waals surface area (Å²) in [5.74, 6) is 0.290. The Balaban J connectivity index is 1.39. The van der Waals surface area contributed by atoms with Gasteiger partial charge in [0, 0.05) is 27.2 Å². The number of fused-ring (bicyclic) bond motifs is 1. The fourth-order valence-corrected chi connectivity index (χ4v) is 5.27. The van der Waals surface area contributed by atoms with Crippen molar-refractivity contribution in [1.82, 2.24) is 0 Å². The maximum absolute atomic E-state index is 11.2. The van der Waals surface area contributed by atoms with Gasteiger partial charge in [0.05, 0.1) is 23.8 Å². The molecule has 0 saturated heterocycles. The molecule has 4 aromatic rings. The van der Waals surface area contributed by atoms with Gasteiger partial charge in [-0.15, -0.1) is 11.8 Å². The van der Waals surface area contributed by atoms with Crippen molar-refractivity contribution in [2.24, 2.45) is 0 Å². The van der Waals surface area contributed by atoms with Crippen LogP contribution in [0.2, 0.25) is 5.02 Å². The van der Waals surface area contributed by atoms with Gasteiger partial charge in [0.2, 0.25) is 0 Å². The van der Waals surface area contributed by atoms with Crippen molar-refractivity contribution in [3.8, 4) is 16.9 Å². The molecule has 0 aliphatic heterocycles. The maximum atomic E-state index is 11.2. The Kier molecular flexibility index (Phi) is 8.42. The molecule has 0 radical (unpaired) electrons. The second-order valence-electron chi connectivity index (χ2n) is 8.48. The molecule has 1 atom stereocenters. The molecule has 0 bridgehead atoms. The number of thioether (sulfide) groups is 1. The lowest BCUT2D eigenvalue weighted by Gasteiger charge is -2.12. The number of carboxylic acid groups (broad SMARTS) is 1. The third-order valence-electron chi connectivity index (χ3n) is 6.02. The van der Waals surface area contributed by atoms with Crippen LogP contribution in [0.25, 0.3) is 22.1 Å². The molecule has 6 heteroatoms. The first-order valence-electron chi connectivity index (χ1n) is 11.9. The summed E-state index contributed by atoms with van der Waals surface area (Å²) in [5, 5.41) is 10.9. The highest BCUT2D eigenvalue weighted by atomic mass is 35.5. The van der Waals surface area contributed by atoms with Gasteiger partial charge in [-0.25, -0.2) is 0 Å². The van der Waals surface area contributed by atoms with Crippen molar-refractivity contribution in [1.29, 1.82) is 0 Å². The minimum Gasteiger partial charge on any atom is -0.493 e. The molecule has 0 spiro atoms. The summed E-state index contributed by atoms with van der Waals surface area (Å²) < 4.78 is 12.2. The van der Waals surface area contributed by atoms with E-state index in [4.69, 9.17) is 20.8 Å². The fourth-order valence-electron chi connectivity index (χ4n) is 4.07. The first kappa shape index (κ1) is 25.2. The molecule has 1 unspecified atom stereocenters. The number of carboxylic acids is 1. The quantitative estimate of drug-likeness (QED) is 0.163. The molecule has 0 saturated carbocycles. The Hall–Kier alpha value is -2.89. The van der Waals surface area contributed by atoms with Crippen molar-refractivity contribution in [3.05, 3.63) is 83.1 Å². The van der Waals surface area contributed by atoms with Crippen LogP contribution in [-0.4, -0.2) is 23.4 Å². The highest BCUT2D eigenvalue weighted by Crippen LogP contribution is 2.37. The number of hydrogen-bond donors (Lipinski definition) is 1. The van der Waals surface area contributed by atoms with Crippen LogP contribution in [0, 0.1) is 0 Å². The molecule has 0 aliphatic carbocycles. The number of halogens is 1. The molecule has 1 N–H and O–H groups in total. The first-order chi connectivity index (χ1) is 17.0. The number of aryl methyl sites for hydroxylation is 1. The Morgan fingerprint density at radius 2 is 1.94 bits per heavy atom. The number of hydrogen-bond acceptors (Lipinski definition) is 4. The van der Waals surface area contributed by atoms with Crippen molar-refractivity contribution >= 4 is 40.3 Å². The summed E-state index contributed by atoms with van der Waals surface area (Å²) >= 11 is 8.04. The van der Waals surface area contributed by atoms with E-state index in [-0.39, 0.29) is 0 Å². The summed E-state index contributed by atoms with van der Waals surface area (Å²) in [7, 11) is 0. The molecule has 3 aromatic carbocycles. The van der Waals surface area contributed by atoms with E-state index in [0.29, 0.717) is 17.2 Å². The monoisotopic (exact) mass is 508 g/mol. The van der Waals surface area contributed by atoms with Crippen molar-refractivity contribution in [2.75, 3.05) is 12.4 Å². The lowest BCUT2D eigenvalue weighted by Crippen LogP contribution is -2.07. The molecule has 182 valence electrons. The third kappa shape index (κ3) is 5.85. The zero-order valence-corrected chi connectivity index (χ0v) is 21.5. The summed E-state index contributed by atoms with van der Waals surface area (Å²) in [6.45, 7) is 4.41. The SMILES string of the molecule is CCCc1c(OCCCSc2ccc(C(C)C(=O)O)cc2Cl)ccc2c(-c3ccccc3)coc12. The minimum atomic E-state index is -0.856. The van der Waals surface area contributed by atoms with Crippen LogP contribution >= 0.6 is 23.4 Å². The number of benzene rings is 3. The van der Waals surface area contributed by atoms with Crippen LogP contribution in [0.1, 0.15) is 43.7 Å². The average molecular weight is 509 g/mol. The van der Waals surface area contributed by atoms with E-state index in [1.54, 1.807) is 24.8 Å². The van der Waals surface area contributed by atoms with Crippen LogP contribution in [-0.2, 0) is 11.2 Å². The largest absolute Gasteiger partial charge is 0.493 e. The molecule has 35 heavy (non-hydrogen) atoms. The number of ether oxygens (including phenoxy) is 1. The van der Waals surface area contributed by atoms with Crippen molar-refractivity contribution in [2.45, 2.75) is 43.9 Å². The van der Waals surface area contributed by atoms with E-state index in [2.05, 4.69) is 31.2 Å². The minimum absolute atomic E-state index is 0.576. The zero-order chi connectivity index (χ0) is 24.8. The van der Waals surface area contributed by atoms with Gasteiger partial charge in [-0.1, -0.05) is 61.3 Å². The van der Waals surface area contributed by atoms with Crippen LogP contribution in [0.15, 0.2) is 76.2 Å². The average Bonchev–Trinajstić information content (AvgIpc) is 3.30. The Morgan fingerprint density at radius 3 is 2.66 bits per heavy atom. The second-order valence-corrected chi connectivity index (χ2v) is 10.0. The topological polar surface area (TPSA) is 59.7 Å². The number of aliphatic carboxylic acids is 1. The standard InChI is InChI=1S/C29H29ClO4S/c1-3-8-23-26(13-12-22-24(18-34-28(22)23)20-9-5-4-6-10-20)33-15-7-16-35-27-14-11-21(17-25(27)30)19(2)29(31)32/h4-6,9-14,17-19H,3,7-8,15-16H2,1-2H3,(H,31,32). The fraction of sp³-hybridized carbons (Fsp3) is 0.276. The molecule has 0 amide bonds. The Labute approximate surface area is 215 Å². The highest BCUT2D eigenvalue weighted by molar-refractivity contribution is 7.99. The zero-order valence-electron chi connectivity index (χ0n) is 19.9. The van der Waals surface area contributed by atoms with Crippen LogP contribution < -0.4 is 4.74 Å². The van der Waals surface area contributed by atoms with Gasteiger partial charge in [0.15, 0.2) is 0 Å². The first-order valence-corrected chi connectivity index (χ1v) is 13.2. The van der Waals surface area contributed by atoms with Gasteiger partial charge in [-0.2, -0.15) is 0 Å². The highest BCUT2D eigenvalue weighted by Gasteiger charge is 2.17. The molecular weight excluding hydrogens is 480 g/mol. The van der Waals surface area contributed by atoms with Gasteiger partial charge in [-0.3, -0.25) is 4.79 Å². The van der Waals surface area contributed by atoms with Crippen LogP contribution in [0.5, 0.6) is 5.75 Å². The molecule has 1 aromatic heterocycles. The smallest absolute Gasteiger partial charge is 0.310 e. The van der Waals surface area contributed by atoms with Gasteiger partial charge < -0.3 is 14.3 Å². The van der Waals surface area contributed by atoms with E-state index in [1.165, 1.54) is 0 Å². The summed E-state index contributed by atoms with van der Waals surface area (Å²) in [5.41, 5.74) is 4.97. The van der Waals surface area contributed by atoms with Gasteiger partial charge in [0.25, 0.3) is 0 Å². The van der Waals surface area contributed by atoms with E-state index >= 15 is 0 Å². The summed E-state index contributed by atoms with van der Waals surface area (Å²) in [4.78, 5) is 12.1. The van der Waals surface area contributed by atoms with E-state index < -0.39 is 11.9 Å². The predicted octanol–water partition coefficient (Wildman–Crippen LogP) is 8.46. The summed E-state index contributed by atoms with van der Waals surface area (Å²) in [6.07, 6.45) is 4.58. The molecule has 4 rings (SSSR count). The Bertz CT molecular complexity index is 1300. The maximum Gasteiger partial charge on any atom is 0.310 e. The van der Waals surface area contributed by atoms with Crippen LogP contribution in [0.4, 0.5) is 0 Å². The molecule has 0 aliphatic rings. The summed E-state index contributed by atoms with van der Waals surface area (Å²) in [6, 6.07) is 19.9. The van der Waals surface area contributed by atoms with E-state index in [0.717, 1.165) is 63.3 Å². The molecular formula is C29H29ClO4S. The second kappa shape index (κ2) is 11.7. The number of rotatable bonds is 11. The van der Waals surface area contributed by atoms with E-state index in [9.17, 15) is 9.90 Å².